The highest BCUT2D eigenvalue weighted by Crippen LogP contribution is 2.43. The van der Waals surface area contributed by atoms with Crippen LogP contribution in [0.15, 0.2) is 227 Å². The van der Waals surface area contributed by atoms with Gasteiger partial charge in [-0.05, 0) is 142 Å². The molecule has 2 heterocycles. The van der Waals surface area contributed by atoms with E-state index in [2.05, 4.69) is 121 Å². The number of hydrogen-bond donors (Lipinski definition) is 0. The minimum atomic E-state index is -0.310. The Morgan fingerprint density at radius 3 is 1.03 bits per heavy atom. The van der Waals surface area contributed by atoms with Gasteiger partial charge in [-0.2, -0.15) is 0 Å². The third kappa shape index (κ3) is 6.60. The van der Waals surface area contributed by atoms with E-state index in [1.807, 2.05) is 70.5 Å². The first kappa shape index (κ1) is 37.3. The number of furan rings is 2. The maximum atomic E-state index is 14.7. The molecular weight excluding hydrogens is 795 g/mol. The molecule has 0 amide bonds. The number of anilines is 6. The molecule has 12 rings (SSSR count). The molecule has 64 heavy (non-hydrogen) atoms. The van der Waals surface area contributed by atoms with Crippen LogP contribution < -0.4 is 9.80 Å². The van der Waals surface area contributed by atoms with E-state index >= 15 is 0 Å². The Morgan fingerprint density at radius 1 is 0.266 bits per heavy atom. The Bertz CT molecular complexity index is 3450. The molecule has 0 atom stereocenters. The van der Waals surface area contributed by atoms with E-state index in [9.17, 15) is 8.78 Å². The molecule has 304 valence electrons. The molecule has 0 saturated carbocycles. The zero-order chi connectivity index (χ0) is 42.7. The van der Waals surface area contributed by atoms with Crippen molar-refractivity contribution in [2.45, 2.75) is 0 Å². The fourth-order valence-corrected chi connectivity index (χ4v) is 9.04. The van der Waals surface area contributed by atoms with Crippen molar-refractivity contribution < 1.29 is 17.6 Å². The molecule has 0 spiro atoms. The van der Waals surface area contributed by atoms with Gasteiger partial charge >= 0.3 is 0 Å². The maximum absolute atomic E-state index is 14.7. The average Bonchev–Trinajstić information content (AvgIpc) is 3.87. The predicted molar refractivity (Wildman–Crippen MR) is 259 cm³/mol. The molecule has 0 unspecified atom stereocenters. The Kier molecular flexibility index (Phi) is 8.83. The minimum absolute atomic E-state index is 0.310. The minimum Gasteiger partial charge on any atom is -0.456 e. The van der Waals surface area contributed by atoms with Gasteiger partial charge in [-0.15, -0.1) is 0 Å². The van der Waals surface area contributed by atoms with E-state index in [-0.39, 0.29) is 11.6 Å². The molecule has 6 heteroatoms. The summed E-state index contributed by atoms with van der Waals surface area (Å²) in [5.74, 6) is -0.621. The van der Waals surface area contributed by atoms with Gasteiger partial charge in [0, 0.05) is 67.8 Å². The normalized spacial score (nSPS) is 11.6. The van der Waals surface area contributed by atoms with Crippen molar-refractivity contribution in [2.24, 2.45) is 0 Å². The van der Waals surface area contributed by atoms with E-state index in [4.69, 9.17) is 8.83 Å². The maximum Gasteiger partial charge on any atom is 0.137 e. The Balaban J connectivity index is 0.918. The van der Waals surface area contributed by atoms with Crippen LogP contribution in [0, 0.1) is 11.6 Å². The second kappa shape index (κ2) is 15.2. The lowest BCUT2D eigenvalue weighted by molar-refractivity contribution is 0.627. The first-order valence-electron chi connectivity index (χ1n) is 21.2. The van der Waals surface area contributed by atoms with E-state index in [0.29, 0.717) is 11.4 Å². The molecular formula is C58H36F2N2O2. The van der Waals surface area contributed by atoms with E-state index in [0.717, 1.165) is 99.7 Å². The highest BCUT2D eigenvalue weighted by atomic mass is 19.1. The molecule has 12 aromatic rings. The Morgan fingerprint density at radius 2 is 0.625 bits per heavy atom. The van der Waals surface area contributed by atoms with Gasteiger partial charge in [0.15, 0.2) is 0 Å². The monoisotopic (exact) mass is 830 g/mol. The second-order valence-electron chi connectivity index (χ2n) is 16.1. The third-order valence-electron chi connectivity index (χ3n) is 12.1. The number of halogens is 2. The molecule has 10 aromatic carbocycles. The van der Waals surface area contributed by atoms with Crippen molar-refractivity contribution in [2.75, 3.05) is 9.80 Å². The van der Waals surface area contributed by atoms with Gasteiger partial charge in [-0.1, -0.05) is 97.1 Å². The van der Waals surface area contributed by atoms with Crippen molar-refractivity contribution in [3.8, 4) is 22.3 Å². The van der Waals surface area contributed by atoms with Gasteiger partial charge in [-0.3, -0.25) is 0 Å². The molecule has 0 aliphatic heterocycles. The van der Waals surface area contributed by atoms with E-state index in [1.165, 1.54) is 12.1 Å². The number of fused-ring (bicyclic) bond motifs is 7. The van der Waals surface area contributed by atoms with Crippen LogP contribution >= 0.6 is 0 Å². The molecule has 0 bridgehead atoms. The number of rotatable bonds is 8. The summed E-state index contributed by atoms with van der Waals surface area (Å²) in [6, 6.07) is 71.2. The van der Waals surface area contributed by atoms with Crippen LogP contribution in [0.1, 0.15) is 0 Å². The fourth-order valence-electron chi connectivity index (χ4n) is 9.04. The van der Waals surface area contributed by atoms with Crippen molar-refractivity contribution in [1.29, 1.82) is 0 Å². The van der Waals surface area contributed by atoms with Crippen LogP contribution in [0.25, 0.3) is 76.9 Å². The lowest BCUT2D eigenvalue weighted by Crippen LogP contribution is -2.10. The van der Waals surface area contributed by atoms with Crippen LogP contribution in [-0.2, 0) is 0 Å². The predicted octanol–water partition coefficient (Wildman–Crippen LogP) is 17.2. The van der Waals surface area contributed by atoms with Gasteiger partial charge in [-0.25, -0.2) is 8.78 Å². The van der Waals surface area contributed by atoms with Crippen LogP contribution in [0.3, 0.4) is 0 Å². The van der Waals surface area contributed by atoms with Gasteiger partial charge in [0.25, 0.3) is 0 Å². The third-order valence-corrected chi connectivity index (χ3v) is 12.1. The number of hydrogen-bond acceptors (Lipinski definition) is 4. The van der Waals surface area contributed by atoms with Crippen molar-refractivity contribution in [3.63, 3.8) is 0 Å². The van der Waals surface area contributed by atoms with Crippen LogP contribution in [0.5, 0.6) is 0 Å². The second-order valence-corrected chi connectivity index (χ2v) is 16.1. The molecule has 4 nitrogen and oxygen atoms in total. The van der Waals surface area contributed by atoms with Crippen molar-refractivity contribution >= 4 is 88.8 Å². The zero-order valence-electron chi connectivity index (χ0n) is 34.3. The quantitative estimate of drug-likeness (QED) is 0.153. The summed E-state index contributed by atoms with van der Waals surface area (Å²) in [6.45, 7) is 0. The highest BCUT2D eigenvalue weighted by molar-refractivity contribution is 6.15. The Hall–Kier alpha value is -8.48. The largest absolute Gasteiger partial charge is 0.456 e. The summed E-state index contributed by atoms with van der Waals surface area (Å²) >= 11 is 0. The van der Waals surface area contributed by atoms with Crippen LogP contribution in [0.2, 0.25) is 0 Å². The highest BCUT2D eigenvalue weighted by Gasteiger charge is 2.20. The number of nitrogens with zero attached hydrogens (tertiary/aromatic N) is 2. The van der Waals surface area contributed by atoms with Gasteiger partial charge < -0.3 is 18.6 Å². The lowest BCUT2D eigenvalue weighted by Gasteiger charge is -2.25. The molecule has 0 fully saturated rings. The van der Waals surface area contributed by atoms with Crippen molar-refractivity contribution in [3.05, 3.63) is 230 Å². The van der Waals surface area contributed by atoms with Gasteiger partial charge in [0.05, 0.1) is 0 Å². The lowest BCUT2D eigenvalue weighted by atomic mass is 10.0. The summed E-state index contributed by atoms with van der Waals surface area (Å²) in [6.07, 6.45) is 0. The van der Waals surface area contributed by atoms with E-state index < -0.39 is 0 Å². The first-order valence-corrected chi connectivity index (χ1v) is 21.2. The molecule has 2 aromatic heterocycles. The molecule has 0 radical (unpaired) electrons. The average molecular weight is 831 g/mol. The standard InChI is InChI=1S/C58H36F2N2O2/c59-43-13-7-15-47(33-43)61(45-21-17-39(18-22-45)37-9-3-1-4-10-37)49-25-27-51-53-29-41-32-56-54(30-42(41)31-55(53)63-57(51)35-49)52-28-26-50(36-58(52)64-56)62(48-16-8-14-44(60)34-48)46-23-19-40(20-24-46)38-11-5-2-6-12-38/h1-36H. The molecule has 0 N–H and O–H groups in total. The first-order chi connectivity index (χ1) is 31.5. The zero-order valence-corrected chi connectivity index (χ0v) is 34.3. The van der Waals surface area contributed by atoms with Gasteiger partial charge in [0.2, 0.25) is 0 Å². The fraction of sp³-hybridized carbons (Fsp3) is 0. The molecule has 0 aliphatic rings. The van der Waals surface area contributed by atoms with Crippen LogP contribution in [-0.4, -0.2) is 0 Å². The van der Waals surface area contributed by atoms with Crippen molar-refractivity contribution in [1.82, 2.24) is 0 Å². The van der Waals surface area contributed by atoms with Gasteiger partial charge in [0.1, 0.15) is 34.0 Å². The molecule has 0 aliphatic carbocycles. The summed E-state index contributed by atoms with van der Waals surface area (Å²) < 4.78 is 42.7. The topological polar surface area (TPSA) is 32.8 Å². The Labute approximate surface area is 367 Å². The summed E-state index contributed by atoms with van der Waals surface area (Å²) in [5, 5.41) is 5.96. The smallest absolute Gasteiger partial charge is 0.137 e. The summed E-state index contributed by atoms with van der Waals surface area (Å²) in [5.41, 5.74) is 12.3. The summed E-state index contributed by atoms with van der Waals surface area (Å²) in [4.78, 5) is 4.09. The SMILES string of the molecule is Fc1cccc(N(c2ccc(-c3ccccc3)cc2)c2ccc3c(c2)oc2cc4cc5c(cc4cc23)oc2cc(N(c3ccc(-c4ccccc4)cc3)c3cccc(F)c3)ccc25)c1. The van der Waals surface area contributed by atoms with Crippen LogP contribution in [0.4, 0.5) is 42.9 Å². The van der Waals surface area contributed by atoms with E-state index in [1.54, 1.807) is 24.3 Å². The molecule has 0 saturated heterocycles. The number of benzene rings is 10. The summed E-state index contributed by atoms with van der Waals surface area (Å²) in [7, 11) is 0.